The fraction of sp³-hybridized carbons (Fsp3) is 0.393. The van der Waals surface area contributed by atoms with Crippen molar-refractivity contribution in [3.8, 4) is 17.4 Å². The molecule has 1 aliphatic heterocycles. The average Bonchev–Trinajstić information content (AvgIpc) is 3.58. The van der Waals surface area contributed by atoms with Crippen molar-refractivity contribution in [2.75, 3.05) is 18.4 Å². The fourth-order valence-electron chi connectivity index (χ4n) is 5.04. The van der Waals surface area contributed by atoms with Gasteiger partial charge >= 0.3 is 0 Å². The lowest BCUT2D eigenvalue weighted by Gasteiger charge is -2.26. The molecule has 1 aromatic carbocycles. The van der Waals surface area contributed by atoms with Crippen LogP contribution in [0.3, 0.4) is 0 Å². The maximum Gasteiger partial charge on any atom is 0.267 e. The van der Waals surface area contributed by atoms with Crippen molar-refractivity contribution in [3.63, 3.8) is 0 Å². The number of rotatable bonds is 11. The molecule has 1 aliphatic rings. The summed E-state index contributed by atoms with van der Waals surface area (Å²) in [6.07, 6.45) is 7.31. The highest BCUT2D eigenvalue weighted by molar-refractivity contribution is 7.92. The Morgan fingerprint density at radius 1 is 1.19 bits per heavy atom. The Kier molecular flexibility index (Phi) is 8.93. The maximum atomic E-state index is 15.8. The molecule has 0 amide bonds. The molecule has 1 atom stereocenters. The van der Waals surface area contributed by atoms with Gasteiger partial charge < -0.3 is 18.6 Å². The van der Waals surface area contributed by atoms with Crippen LogP contribution >= 0.6 is 11.6 Å². The molecule has 1 unspecified atom stereocenters. The molecule has 0 fully saturated rings. The number of pyridine rings is 1. The van der Waals surface area contributed by atoms with E-state index in [1.165, 1.54) is 13.3 Å². The SMILES string of the molecule is COc1ncc(Cl)cc1S(=O)(=O)Nc1ccc(F)c(C2CCc3c(-c4nccn4COCC[Si](C)(C)C)ncn3C2)c1F. The number of benzene rings is 1. The molecule has 0 spiro atoms. The van der Waals surface area contributed by atoms with Crippen molar-refractivity contribution in [1.82, 2.24) is 24.1 Å². The lowest BCUT2D eigenvalue weighted by atomic mass is 9.89. The zero-order chi connectivity index (χ0) is 30.9. The molecule has 5 rings (SSSR count). The summed E-state index contributed by atoms with van der Waals surface area (Å²) in [7, 11) is -4.33. The predicted octanol–water partition coefficient (Wildman–Crippen LogP) is 5.92. The van der Waals surface area contributed by atoms with Crippen LogP contribution in [0, 0.1) is 11.6 Å². The van der Waals surface area contributed by atoms with Gasteiger partial charge in [0.15, 0.2) is 16.5 Å². The molecular weight excluding hydrogens is 618 g/mol. The third-order valence-corrected chi connectivity index (χ3v) is 10.6. The van der Waals surface area contributed by atoms with Gasteiger partial charge in [-0.15, -0.1) is 0 Å². The van der Waals surface area contributed by atoms with Crippen LogP contribution in [-0.4, -0.2) is 54.3 Å². The summed E-state index contributed by atoms with van der Waals surface area (Å²) in [5, 5.41) is 0.0520. The molecule has 0 bridgehead atoms. The van der Waals surface area contributed by atoms with Crippen LogP contribution in [0.4, 0.5) is 14.5 Å². The molecule has 3 aromatic heterocycles. The summed E-state index contributed by atoms with van der Waals surface area (Å²) in [6.45, 7) is 8.17. The van der Waals surface area contributed by atoms with Crippen LogP contribution in [0.15, 0.2) is 48.0 Å². The zero-order valence-electron chi connectivity index (χ0n) is 24.3. The van der Waals surface area contributed by atoms with E-state index in [4.69, 9.17) is 21.1 Å². The first-order valence-electron chi connectivity index (χ1n) is 13.7. The van der Waals surface area contributed by atoms with E-state index in [0.717, 1.165) is 29.9 Å². The van der Waals surface area contributed by atoms with Crippen LogP contribution in [-0.2, 0) is 34.5 Å². The van der Waals surface area contributed by atoms with Gasteiger partial charge in [0.25, 0.3) is 10.0 Å². The number of hydrogen-bond donors (Lipinski definition) is 1. The Morgan fingerprint density at radius 2 is 1.98 bits per heavy atom. The Morgan fingerprint density at radius 3 is 2.72 bits per heavy atom. The first kappa shape index (κ1) is 31.1. The van der Waals surface area contributed by atoms with Crippen LogP contribution in [0.1, 0.15) is 23.6 Å². The average molecular weight is 651 g/mol. The second-order valence-corrected chi connectivity index (χ2v) is 19.3. The monoisotopic (exact) mass is 650 g/mol. The van der Waals surface area contributed by atoms with Crippen molar-refractivity contribution >= 4 is 35.4 Å². The molecular formula is C28H33ClF2N6O4SSi. The third kappa shape index (κ3) is 6.76. The van der Waals surface area contributed by atoms with E-state index in [0.29, 0.717) is 37.7 Å². The van der Waals surface area contributed by atoms with Gasteiger partial charge in [-0.05, 0) is 37.1 Å². The van der Waals surface area contributed by atoms with E-state index in [9.17, 15) is 8.42 Å². The number of aromatic nitrogens is 5. The van der Waals surface area contributed by atoms with Gasteiger partial charge in [0, 0.05) is 57.0 Å². The smallest absolute Gasteiger partial charge is 0.267 e. The minimum atomic E-state index is -4.37. The van der Waals surface area contributed by atoms with Crippen molar-refractivity contribution in [2.45, 2.75) is 62.6 Å². The quantitative estimate of drug-likeness (QED) is 0.158. The van der Waals surface area contributed by atoms with Gasteiger partial charge in [-0.2, -0.15) is 0 Å². The van der Waals surface area contributed by atoms with Crippen LogP contribution in [0.2, 0.25) is 30.7 Å². The van der Waals surface area contributed by atoms with Gasteiger partial charge in [-0.25, -0.2) is 32.2 Å². The molecule has 1 N–H and O–H groups in total. The first-order valence-corrected chi connectivity index (χ1v) is 19.3. The molecule has 15 heteroatoms. The molecule has 0 saturated carbocycles. The minimum absolute atomic E-state index is 0.0520. The summed E-state index contributed by atoms with van der Waals surface area (Å²) in [4.78, 5) is 12.6. The number of nitrogens with one attached hydrogen (secondary N) is 1. The van der Waals surface area contributed by atoms with E-state index in [1.807, 2.05) is 15.3 Å². The summed E-state index contributed by atoms with van der Waals surface area (Å²) >= 11 is 5.94. The maximum absolute atomic E-state index is 15.8. The molecule has 0 saturated heterocycles. The first-order chi connectivity index (χ1) is 20.4. The Hall–Kier alpha value is -3.33. The van der Waals surface area contributed by atoms with Crippen LogP contribution in [0.5, 0.6) is 5.88 Å². The van der Waals surface area contributed by atoms with E-state index >= 15 is 8.78 Å². The molecule has 0 aliphatic carbocycles. The van der Waals surface area contributed by atoms with Crippen molar-refractivity contribution in [1.29, 1.82) is 0 Å². The molecule has 4 heterocycles. The lowest BCUT2D eigenvalue weighted by Crippen LogP contribution is -2.22. The second kappa shape index (κ2) is 12.3. The standard InChI is InChI=1S/C28H33ClF2N6O4SSi/c1-40-28-23(13-19(29)14-33-28)42(38,39)35-21-7-6-20(30)24(25(21)31)18-5-8-22-26(34-16-37(22)15-18)27-32-9-10-36(27)17-41-11-12-43(2,3)4/h6-7,9-10,13-14,16,18,35H,5,8,11-12,15,17H2,1-4H3. The number of methoxy groups -OCH3 is 1. The Labute approximate surface area is 255 Å². The fourth-order valence-corrected chi connectivity index (χ4v) is 7.22. The third-order valence-electron chi connectivity index (χ3n) is 7.29. The van der Waals surface area contributed by atoms with Gasteiger partial charge in [-0.1, -0.05) is 31.2 Å². The zero-order valence-corrected chi connectivity index (χ0v) is 26.8. The topological polar surface area (TPSA) is 113 Å². The number of anilines is 1. The number of fused-ring (bicyclic) bond motifs is 1. The summed E-state index contributed by atoms with van der Waals surface area (Å²) in [5.74, 6) is -1.86. The normalized spacial score (nSPS) is 15.4. The minimum Gasteiger partial charge on any atom is -0.480 e. The molecule has 230 valence electrons. The molecule has 10 nitrogen and oxygen atoms in total. The predicted molar refractivity (Wildman–Crippen MR) is 162 cm³/mol. The summed E-state index contributed by atoms with van der Waals surface area (Å²) in [6, 6.07) is 4.30. The number of sulfonamides is 1. The highest BCUT2D eigenvalue weighted by Gasteiger charge is 2.31. The van der Waals surface area contributed by atoms with Crippen molar-refractivity contribution < 1.29 is 26.7 Å². The number of nitrogens with zero attached hydrogens (tertiary/aromatic N) is 5. The van der Waals surface area contributed by atoms with Gasteiger partial charge in [0.2, 0.25) is 5.88 Å². The summed E-state index contributed by atoms with van der Waals surface area (Å²) in [5.41, 5.74) is 1.01. The molecule has 43 heavy (non-hydrogen) atoms. The number of imidazole rings is 2. The van der Waals surface area contributed by atoms with Crippen LogP contribution < -0.4 is 9.46 Å². The van der Waals surface area contributed by atoms with Gasteiger partial charge in [0.05, 0.1) is 24.1 Å². The second-order valence-electron chi connectivity index (χ2n) is 11.6. The largest absolute Gasteiger partial charge is 0.480 e. The number of hydrogen-bond acceptors (Lipinski definition) is 7. The number of halogens is 3. The number of ether oxygens (including phenoxy) is 2. The van der Waals surface area contributed by atoms with Gasteiger partial charge in [0.1, 0.15) is 18.2 Å². The van der Waals surface area contributed by atoms with Crippen LogP contribution in [0.25, 0.3) is 11.5 Å². The van der Waals surface area contributed by atoms with E-state index in [2.05, 4.69) is 39.3 Å². The summed E-state index contributed by atoms with van der Waals surface area (Å²) < 4.78 is 74.1. The van der Waals surface area contributed by atoms with Crippen molar-refractivity contribution in [3.05, 3.63) is 71.0 Å². The highest BCUT2D eigenvalue weighted by Crippen LogP contribution is 2.38. The molecule has 0 radical (unpaired) electrons. The molecule has 4 aromatic rings. The van der Waals surface area contributed by atoms with Gasteiger partial charge in [-0.3, -0.25) is 4.72 Å². The van der Waals surface area contributed by atoms with E-state index in [1.54, 1.807) is 12.5 Å². The van der Waals surface area contributed by atoms with E-state index < -0.39 is 41.3 Å². The van der Waals surface area contributed by atoms with E-state index in [-0.39, 0.29) is 27.9 Å². The highest BCUT2D eigenvalue weighted by atomic mass is 35.5. The lowest BCUT2D eigenvalue weighted by molar-refractivity contribution is 0.0882. The van der Waals surface area contributed by atoms with Crippen molar-refractivity contribution in [2.24, 2.45) is 0 Å². The Balaban J connectivity index is 1.36. The Bertz CT molecular complexity index is 1740.